The van der Waals surface area contributed by atoms with Crippen LogP contribution < -0.4 is 38.5 Å². The van der Waals surface area contributed by atoms with Crippen LogP contribution in [0, 0.1) is 0 Å². The van der Waals surface area contributed by atoms with Crippen molar-refractivity contribution >= 4 is 29.6 Å². The number of carbonyl (C=O) groups is 5. The van der Waals surface area contributed by atoms with Gasteiger partial charge in [0, 0.05) is 51.7 Å². The summed E-state index contributed by atoms with van der Waals surface area (Å²) in [6, 6.07) is 0. The van der Waals surface area contributed by atoms with Crippen molar-refractivity contribution in [2.24, 2.45) is 17.2 Å². The van der Waals surface area contributed by atoms with Gasteiger partial charge in [0.05, 0.1) is 39.6 Å². The van der Waals surface area contributed by atoms with Crippen LogP contribution in [0.4, 0.5) is 0 Å². The van der Waals surface area contributed by atoms with Crippen molar-refractivity contribution in [2.45, 2.75) is 108 Å². The van der Waals surface area contributed by atoms with E-state index in [0.29, 0.717) is 71.4 Å². The van der Waals surface area contributed by atoms with Gasteiger partial charge in [-0.05, 0) is 51.7 Å². The first-order valence-corrected chi connectivity index (χ1v) is 18.3. The summed E-state index contributed by atoms with van der Waals surface area (Å²) < 4.78 is 17.7. The largest absolute Gasteiger partial charge is 0.481 e. The minimum absolute atomic E-state index is 0.0257. The zero-order valence-corrected chi connectivity index (χ0v) is 30.2. The predicted molar refractivity (Wildman–Crippen MR) is 191 cm³/mol. The van der Waals surface area contributed by atoms with Gasteiger partial charge in [0.2, 0.25) is 23.6 Å². The third kappa shape index (κ3) is 30.0. The molecule has 0 spiro atoms. The lowest BCUT2D eigenvalue weighted by Crippen LogP contribution is -2.58. The van der Waals surface area contributed by atoms with Crippen LogP contribution in [0.25, 0.3) is 0 Å². The number of aliphatic carboxylic acids is 1. The maximum atomic E-state index is 13.2. The molecule has 0 aromatic heterocycles. The van der Waals surface area contributed by atoms with Crippen LogP contribution in [0.5, 0.6) is 0 Å². The molecule has 16 heteroatoms. The Kier molecular flexibility index (Phi) is 31.3. The van der Waals surface area contributed by atoms with Crippen LogP contribution >= 0.6 is 0 Å². The summed E-state index contributed by atoms with van der Waals surface area (Å²) in [5, 5.41) is 20.1. The number of hydrogen-bond acceptors (Lipinski definition) is 11. The molecular formula is C34H67N7O9. The summed E-state index contributed by atoms with van der Waals surface area (Å²) >= 11 is 0. The molecule has 292 valence electrons. The fraction of sp³-hybridized carbons (Fsp3) is 0.853. The van der Waals surface area contributed by atoms with E-state index in [1.165, 1.54) is 0 Å². The van der Waals surface area contributed by atoms with Gasteiger partial charge in [0.15, 0.2) is 0 Å². The lowest BCUT2D eigenvalue weighted by Gasteiger charge is -2.34. The van der Waals surface area contributed by atoms with Crippen LogP contribution in [0.1, 0.15) is 103 Å². The van der Waals surface area contributed by atoms with Gasteiger partial charge >= 0.3 is 5.97 Å². The zero-order valence-electron chi connectivity index (χ0n) is 30.2. The van der Waals surface area contributed by atoms with E-state index >= 15 is 0 Å². The van der Waals surface area contributed by atoms with E-state index in [9.17, 15) is 24.0 Å². The summed E-state index contributed by atoms with van der Waals surface area (Å²) in [4.78, 5) is 60.4. The second-order valence-corrected chi connectivity index (χ2v) is 12.4. The highest BCUT2D eigenvalue weighted by atomic mass is 16.5. The number of carbonyl (C=O) groups excluding carboxylic acids is 4. The third-order valence-corrected chi connectivity index (χ3v) is 7.61. The average molecular weight is 718 g/mol. The molecule has 0 aliphatic heterocycles. The Labute approximate surface area is 298 Å². The molecule has 0 atom stereocenters. The van der Waals surface area contributed by atoms with E-state index in [1.807, 2.05) is 0 Å². The topological polar surface area (TPSA) is 259 Å². The number of carboxylic acids is 1. The molecule has 0 radical (unpaired) electrons. The molecule has 0 unspecified atom stereocenters. The van der Waals surface area contributed by atoms with Crippen LogP contribution in [0.2, 0.25) is 0 Å². The van der Waals surface area contributed by atoms with Crippen LogP contribution in [-0.4, -0.2) is 119 Å². The van der Waals surface area contributed by atoms with Gasteiger partial charge in [-0.1, -0.05) is 38.5 Å². The van der Waals surface area contributed by atoms with Crippen molar-refractivity contribution in [3.63, 3.8) is 0 Å². The second kappa shape index (κ2) is 33.3. The number of nitrogens with one attached hydrogen (secondary N) is 4. The van der Waals surface area contributed by atoms with Crippen LogP contribution in [-0.2, 0) is 38.2 Å². The maximum Gasteiger partial charge on any atom is 0.303 e. The SMILES string of the molecule is NCCCNC(=O)CCOCC(COCCC(=O)NCCCN)(COCCC(=O)NCCCN)NC(=O)CCCCCCCCCCC(=O)O. The molecule has 11 N–H and O–H groups in total. The monoisotopic (exact) mass is 718 g/mol. The summed E-state index contributed by atoms with van der Waals surface area (Å²) in [5.41, 5.74) is 15.3. The van der Waals surface area contributed by atoms with Crippen molar-refractivity contribution in [1.82, 2.24) is 21.3 Å². The first-order chi connectivity index (χ1) is 24.2. The Morgan fingerprint density at radius 2 is 0.800 bits per heavy atom. The van der Waals surface area contributed by atoms with Gasteiger partial charge in [-0.3, -0.25) is 24.0 Å². The number of unbranched alkanes of at least 4 members (excludes halogenated alkanes) is 7. The summed E-state index contributed by atoms with van der Waals surface area (Å²) in [6.45, 7) is 3.04. The first kappa shape index (κ1) is 47.1. The highest BCUT2D eigenvalue weighted by Crippen LogP contribution is 2.14. The Balaban J connectivity index is 5.28. The number of ether oxygens (including phenoxy) is 3. The van der Waals surface area contributed by atoms with Crippen molar-refractivity contribution in [3.05, 3.63) is 0 Å². The Hall–Kier alpha value is -2.89. The number of amides is 4. The number of carboxylic acid groups (broad SMARTS) is 1. The molecule has 0 saturated carbocycles. The Bertz CT molecular complexity index is 838. The Morgan fingerprint density at radius 3 is 1.14 bits per heavy atom. The molecule has 50 heavy (non-hydrogen) atoms. The van der Waals surface area contributed by atoms with E-state index in [-0.39, 0.29) is 95.4 Å². The maximum absolute atomic E-state index is 13.2. The smallest absolute Gasteiger partial charge is 0.303 e. The summed E-state index contributed by atoms with van der Waals surface area (Å²) in [7, 11) is 0. The van der Waals surface area contributed by atoms with E-state index in [2.05, 4.69) is 21.3 Å². The molecule has 0 aromatic rings. The van der Waals surface area contributed by atoms with Gasteiger partial charge in [-0.15, -0.1) is 0 Å². The molecule has 0 bridgehead atoms. The van der Waals surface area contributed by atoms with E-state index in [1.54, 1.807) is 0 Å². The number of hydrogen-bond donors (Lipinski definition) is 8. The minimum atomic E-state index is -1.14. The Morgan fingerprint density at radius 1 is 0.460 bits per heavy atom. The van der Waals surface area contributed by atoms with Gasteiger partial charge in [-0.2, -0.15) is 0 Å². The van der Waals surface area contributed by atoms with Crippen molar-refractivity contribution in [1.29, 1.82) is 0 Å². The second-order valence-electron chi connectivity index (χ2n) is 12.4. The highest BCUT2D eigenvalue weighted by Gasteiger charge is 2.34. The minimum Gasteiger partial charge on any atom is -0.481 e. The number of rotatable bonds is 36. The van der Waals surface area contributed by atoms with Crippen molar-refractivity contribution in [2.75, 3.05) is 78.9 Å². The fourth-order valence-electron chi connectivity index (χ4n) is 4.77. The van der Waals surface area contributed by atoms with E-state index < -0.39 is 11.5 Å². The average Bonchev–Trinajstić information content (AvgIpc) is 3.08. The van der Waals surface area contributed by atoms with E-state index in [4.69, 9.17) is 36.5 Å². The molecule has 0 saturated heterocycles. The fourth-order valence-corrected chi connectivity index (χ4v) is 4.77. The molecule has 0 rings (SSSR count). The first-order valence-electron chi connectivity index (χ1n) is 18.3. The molecule has 4 amide bonds. The molecule has 0 fully saturated rings. The number of nitrogens with two attached hydrogens (primary N) is 3. The normalized spacial score (nSPS) is 11.3. The molecule has 0 aromatic carbocycles. The lowest BCUT2D eigenvalue weighted by molar-refractivity contribution is -0.137. The standard InChI is InChI=1S/C34H67N7O9/c35-17-9-20-38-29(42)14-23-48-26-34(27-49-24-15-30(43)39-21-10-18-36,28-50-25-16-31(44)40-22-11-19-37)41-32(45)12-7-5-3-1-2-4-6-8-13-33(46)47/h1-28,35-37H2,(H,38,42)(H,39,43)(H,40,44)(H,41,45)(H,46,47). The van der Waals surface area contributed by atoms with E-state index in [0.717, 1.165) is 38.5 Å². The molecular weight excluding hydrogens is 650 g/mol. The van der Waals surface area contributed by atoms with Gasteiger partial charge in [-0.25, -0.2) is 0 Å². The van der Waals surface area contributed by atoms with Gasteiger partial charge < -0.3 is 57.8 Å². The highest BCUT2D eigenvalue weighted by molar-refractivity contribution is 5.77. The third-order valence-electron chi connectivity index (χ3n) is 7.61. The predicted octanol–water partition coefficient (Wildman–Crippen LogP) is 0.442. The van der Waals surface area contributed by atoms with Crippen LogP contribution in [0.3, 0.4) is 0 Å². The lowest BCUT2D eigenvalue weighted by atomic mass is 10.0. The van der Waals surface area contributed by atoms with Crippen molar-refractivity contribution in [3.8, 4) is 0 Å². The van der Waals surface area contributed by atoms with Gasteiger partial charge in [0.25, 0.3) is 0 Å². The van der Waals surface area contributed by atoms with Crippen LogP contribution in [0.15, 0.2) is 0 Å². The van der Waals surface area contributed by atoms with Gasteiger partial charge in [0.1, 0.15) is 5.54 Å². The molecule has 0 aliphatic rings. The quantitative estimate of drug-likeness (QED) is 0.0411. The molecule has 16 nitrogen and oxygen atoms in total. The van der Waals surface area contributed by atoms with Crippen molar-refractivity contribution < 1.29 is 43.3 Å². The molecule has 0 aliphatic carbocycles. The molecule has 0 heterocycles. The summed E-state index contributed by atoms with van der Waals surface area (Å²) in [6.07, 6.45) is 9.99. The zero-order chi connectivity index (χ0) is 37.1. The summed E-state index contributed by atoms with van der Waals surface area (Å²) in [5.74, 6) is -1.51.